The summed E-state index contributed by atoms with van der Waals surface area (Å²) in [6.07, 6.45) is 4.52. The molecule has 0 radical (unpaired) electrons. The molecule has 3 rings (SSSR count). The number of para-hydroxylation sites is 1. The van der Waals surface area contributed by atoms with Gasteiger partial charge < -0.3 is 30.2 Å². The highest BCUT2D eigenvalue weighted by Gasteiger charge is 2.07. The SMILES string of the molecule is O=C(O)C(=O)O.OC(CNCc1cccnc1)COc1ccccc1/C=N/OCc1ccccc1. The number of rotatable bonds is 11. The summed E-state index contributed by atoms with van der Waals surface area (Å²) in [6.45, 7) is 1.65. The minimum absolute atomic E-state index is 0.176. The van der Waals surface area contributed by atoms with Crippen LogP contribution in [0.4, 0.5) is 0 Å². The third kappa shape index (κ3) is 11.4. The Kier molecular flexibility index (Phi) is 12.0. The molecule has 0 aliphatic rings. The van der Waals surface area contributed by atoms with Crippen molar-refractivity contribution in [3.05, 3.63) is 95.8 Å². The van der Waals surface area contributed by atoms with Gasteiger partial charge in [0.25, 0.3) is 0 Å². The van der Waals surface area contributed by atoms with Crippen molar-refractivity contribution in [3.8, 4) is 5.75 Å². The molecule has 1 aromatic heterocycles. The number of nitrogens with zero attached hydrogens (tertiary/aromatic N) is 2. The Hall–Kier alpha value is -4.28. The topological polar surface area (TPSA) is 151 Å². The van der Waals surface area contributed by atoms with Crippen LogP contribution in [0.15, 0.2) is 84.3 Å². The van der Waals surface area contributed by atoms with E-state index in [1.54, 1.807) is 18.6 Å². The van der Waals surface area contributed by atoms with Crippen molar-refractivity contribution in [3.63, 3.8) is 0 Å². The van der Waals surface area contributed by atoms with Gasteiger partial charge in [0.1, 0.15) is 25.1 Å². The molecule has 1 heterocycles. The van der Waals surface area contributed by atoms with Crippen LogP contribution in [0.5, 0.6) is 5.75 Å². The highest BCUT2D eigenvalue weighted by Crippen LogP contribution is 2.16. The molecule has 3 aromatic rings. The Morgan fingerprint density at radius 1 is 0.971 bits per heavy atom. The molecule has 0 saturated carbocycles. The van der Waals surface area contributed by atoms with E-state index in [1.165, 1.54) is 0 Å². The fourth-order valence-electron chi connectivity index (χ4n) is 2.63. The van der Waals surface area contributed by atoms with Gasteiger partial charge in [0.15, 0.2) is 0 Å². The lowest BCUT2D eigenvalue weighted by atomic mass is 10.2. The lowest BCUT2D eigenvalue weighted by Crippen LogP contribution is -2.31. The number of aliphatic carboxylic acids is 2. The molecular weight excluding hydrogens is 454 g/mol. The largest absolute Gasteiger partial charge is 0.490 e. The number of hydrogen-bond donors (Lipinski definition) is 4. The molecule has 0 aliphatic carbocycles. The molecule has 1 atom stereocenters. The van der Waals surface area contributed by atoms with Crippen LogP contribution in [0.1, 0.15) is 16.7 Å². The predicted molar refractivity (Wildman–Crippen MR) is 128 cm³/mol. The summed E-state index contributed by atoms with van der Waals surface area (Å²) in [6, 6.07) is 21.2. The van der Waals surface area contributed by atoms with E-state index in [0.717, 1.165) is 16.7 Å². The average molecular weight is 482 g/mol. The lowest BCUT2D eigenvalue weighted by molar-refractivity contribution is -0.159. The maximum absolute atomic E-state index is 10.2. The fourth-order valence-corrected chi connectivity index (χ4v) is 2.63. The number of carboxylic acid groups (broad SMARTS) is 2. The Morgan fingerprint density at radius 2 is 1.66 bits per heavy atom. The molecule has 0 aliphatic heterocycles. The number of benzene rings is 2. The quantitative estimate of drug-likeness (QED) is 0.184. The molecule has 10 nitrogen and oxygen atoms in total. The van der Waals surface area contributed by atoms with Gasteiger partial charge in [0.2, 0.25) is 0 Å². The third-order valence-electron chi connectivity index (χ3n) is 4.31. The second-order valence-electron chi connectivity index (χ2n) is 7.10. The van der Waals surface area contributed by atoms with E-state index in [-0.39, 0.29) is 6.61 Å². The Balaban J connectivity index is 0.000000641. The molecule has 0 fully saturated rings. The fraction of sp³-hybridized carbons (Fsp3) is 0.200. The summed E-state index contributed by atoms with van der Waals surface area (Å²) in [5.41, 5.74) is 2.91. The van der Waals surface area contributed by atoms with E-state index in [4.69, 9.17) is 29.4 Å². The molecule has 0 amide bonds. The number of carbonyl (C=O) groups is 2. The maximum atomic E-state index is 10.2. The van der Waals surface area contributed by atoms with Gasteiger partial charge in [-0.05, 0) is 29.3 Å². The molecule has 0 bridgehead atoms. The first-order valence-corrected chi connectivity index (χ1v) is 10.6. The van der Waals surface area contributed by atoms with E-state index in [2.05, 4.69) is 15.5 Å². The monoisotopic (exact) mass is 481 g/mol. The number of aliphatic hydroxyl groups excluding tert-OH is 1. The summed E-state index contributed by atoms with van der Waals surface area (Å²) in [4.78, 5) is 27.6. The molecule has 10 heteroatoms. The van der Waals surface area contributed by atoms with Gasteiger partial charge >= 0.3 is 11.9 Å². The van der Waals surface area contributed by atoms with E-state index in [0.29, 0.717) is 25.4 Å². The number of nitrogens with one attached hydrogen (secondary N) is 1. The zero-order chi connectivity index (χ0) is 25.3. The minimum Gasteiger partial charge on any atom is -0.490 e. The molecule has 35 heavy (non-hydrogen) atoms. The van der Waals surface area contributed by atoms with Gasteiger partial charge in [-0.15, -0.1) is 0 Å². The number of carboxylic acids is 2. The Bertz CT molecular complexity index is 1050. The highest BCUT2D eigenvalue weighted by atomic mass is 16.6. The molecule has 184 valence electrons. The van der Waals surface area contributed by atoms with Crippen molar-refractivity contribution in [2.45, 2.75) is 19.3 Å². The first-order chi connectivity index (χ1) is 17.0. The molecule has 2 aromatic carbocycles. The smallest absolute Gasteiger partial charge is 0.414 e. The number of hydrogen-bond acceptors (Lipinski definition) is 8. The van der Waals surface area contributed by atoms with Gasteiger partial charge in [-0.2, -0.15) is 0 Å². The van der Waals surface area contributed by atoms with Gasteiger partial charge in [-0.3, -0.25) is 4.98 Å². The lowest BCUT2D eigenvalue weighted by Gasteiger charge is -2.14. The summed E-state index contributed by atoms with van der Waals surface area (Å²) >= 11 is 0. The van der Waals surface area contributed by atoms with Crippen LogP contribution < -0.4 is 10.1 Å². The number of oxime groups is 1. The van der Waals surface area contributed by atoms with Gasteiger partial charge in [-0.25, -0.2) is 9.59 Å². The zero-order valence-corrected chi connectivity index (χ0v) is 18.9. The summed E-state index contributed by atoms with van der Waals surface area (Å²) in [5, 5.41) is 32.2. The highest BCUT2D eigenvalue weighted by molar-refractivity contribution is 6.27. The number of pyridine rings is 1. The van der Waals surface area contributed by atoms with Crippen molar-refractivity contribution < 1.29 is 34.5 Å². The second kappa shape index (κ2) is 15.5. The predicted octanol–water partition coefficient (Wildman–Crippen LogP) is 2.32. The van der Waals surface area contributed by atoms with Crippen molar-refractivity contribution in [2.75, 3.05) is 13.2 Å². The summed E-state index contributed by atoms with van der Waals surface area (Å²) in [5.74, 6) is -3.00. The van der Waals surface area contributed by atoms with E-state index >= 15 is 0 Å². The third-order valence-corrected chi connectivity index (χ3v) is 4.31. The zero-order valence-electron chi connectivity index (χ0n) is 18.9. The normalized spacial score (nSPS) is 11.2. The number of ether oxygens (including phenoxy) is 1. The van der Waals surface area contributed by atoms with Gasteiger partial charge in [-0.1, -0.05) is 53.7 Å². The molecule has 1 unspecified atom stereocenters. The molecular formula is C25H27N3O7. The Labute approximate surface area is 202 Å². The van der Waals surface area contributed by atoms with Crippen LogP contribution in [0.2, 0.25) is 0 Å². The van der Waals surface area contributed by atoms with Crippen LogP contribution >= 0.6 is 0 Å². The average Bonchev–Trinajstić information content (AvgIpc) is 2.87. The van der Waals surface area contributed by atoms with Crippen LogP contribution in [0.3, 0.4) is 0 Å². The molecule has 4 N–H and O–H groups in total. The van der Waals surface area contributed by atoms with E-state index < -0.39 is 18.0 Å². The number of aliphatic hydroxyl groups is 1. The van der Waals surface area contributed by atoms with Crippen molar-refractivity contribution in [2.24, 2.45) is 5.16 Å². The first-order valence-electron chi connectivity index (χ1n) is 10.6. The van der Waals surface area contributed by atoms with Crippen molar-refractivity contribution in [1.29, 1.82) is 0 Å². The number of aromatic nitrogens is 1. The van der Waals surface area contributed by atoms with Gasteiger partial charge in [0.05, 0.1) is 6.21 Å². The first kappa shape index (κ1) is 27.0. The molecule has 0 saturated heterocycles. The summed E-state index contributed by atoms with van der Waals surface area (Å²) < 4.78 is 5.77. The van der Waals surface area contributed by atoms with Crippen molar-refractivity contribution >= 4 is 18.2 Å². The van der Waals surface area contributed by atoms with Crippen LogP contribution in [-0.2, 0) is 27.6 Å². The summed E-state index contributed by atoms with van der Waals surface area (Å²) in [7, 11) is 0. The van der Waals surface area contributed by atoms with Gasteiger partial charge in [0, 0.05) is 31.0 Å². The maximum Gasteiger partial charge on any atom is 0.414 e. The standard InChI is InChI=1S/C23H25N3O3.C2H2O4/c27-22(16-25-14-20-9-6-12-24-13-20)18-28-23-11-5-4-10-21(23)15-26-29-17-19-7-2-1-3-8-19;3-1(4)2(5)6/h1-13,15,22,25,27H,14,16-18H2;(H,3,4)(H,5,6)/b26-15+;. The Morgan fingerprint density at radius 3 is 2.34 bits per heavy atom. The minimum atomic E-state index is -1.82. The van der Waals surface area contributed by atoms with Crippen LogP contribution in [0.25, 0.3) is 0 Å². The second-order valence-corrected chi connectivity index (χ2v) is 7.10. The van der Waals surface area contributed by atoms with Crippen LogP contribution in [0, 0.1) is 0 Å². The van der Waals surface area contributed by atoms with Crippen LogP contribution in [-0.4, -0.2) is 57.7 Å². The van der Waals surface area contributed by atoms with Crippen molar-refractivity contribution in [1.82, 2.24) is 10.3 Å². The molecule has 0 spiro atoms. The van der Waals surface area contributed by atoms with E-state index in [1.807, 2.05) is 66.7 Å². The van der Waals surface area contributed by atoms with E-state index in [9.17, 15) is 5.11 Å².